The van der Waals surface area contributed by atoms with Crippen molar-refractivity contribution in [3.8, 4) is 0 Å². The second-order valence-corrected chi connectivity index (χ2v) is 2.50. The number of carboxylic acids is 2. The van der Waals surface area contributed by atoms with Crippen molar-refractivity contribution in [2.45, 2.75) is 26.7 Å². The van der Waals surface area contributed by atoms with Gasteiger partial charge in [0.1, 0.15) is 11.6 Å². The molecule has 0 aliphatic rings. The molecule has 0 saturated carbocycles. The van der Waals surface area contributed by atoms with Crippen LogP contribution in [0.15, 0.2) is 0 Å². The predicted octanol–water partition coefficient (Wildman–Crippen LogP) is -2.12. The van der Waals surface area contributed by atoms with E-state index in [1.165, 1.54) is 13.8 Å². The fraction of sp³-hybridized carbons (Fsp3) is 0.444. The summed E-state index contributed by atoms with van der Waals surface area (Å²) in [5, 5.41) is 19.0. The Morgan fingerprint density at radius 2 is 1.00 bits per heavy atom. The Balaban J connectivity index is -0.0000000800. The van der Waals surface area contributed by atoms with E-state index in [-0.39, 0.29) is 39.4 Å². The summed E-state index contributed by atoms with van der Waals surface area (Å²) in [7, 11) is 0. The minimum absolute atomic E-state index is 0. The second kappa shape index (κ2) is 13.9. The van der Waals surface area contributed by atoms with Gasteiger partial charge in [-0.1, -0.05) is 0 Å². The van der Waals surface area contributed by atoms with Gasteiger partial charge in [0, 0.05) is 24.8 Å². The van der Waals surface area contributed by atoms with E-state index in [1.807, 2.05) is 0 Å². The first kappa shape index (κ1) is 24.3. The number of carboxylic acid groups (broad SMARTS) is 2. The van der Waals surface area contributed by atoms with Gasteiger partial charge in [-0.25, -0.2) is 0 Å². The van der Waals surface area contributed by atoms with Crippen molar-refractivity contribution in [1.29, 1.82) is 0 Å². The summed E-state index contributed by atoms with van der Waals surface area (Å²) in [6.07, 6.45) is -0.944. The van der Waals surface area contributed by atoms with Gasteiger partial charge >= 0.3 is 20.4 Å². The number of aliphatic carboxylic acids is 2. The molecule has 0 atom stereocenters. The van der Waals surface area contributed by atoms with Crippen LogP contribution in [0.5, 0.6) is 0 Å². The van der Waals surface area contributed by atoms with Crippen LogP contribution < -0.4 is 10.2 Å². The van der Waals surface area contributed by atoms with Gasteiger partial charge in [0.15, 0.2) is 0 Å². The summed E-state index contributed by atoms with van der Waals surface area (Å²) in [5.74, 6) is -3.37. The van der Waals surface area contributed by atoms with E-state index in [0.29, 0.717) is 0 Å². The number of Topliss-reactive ketones (excluding diaryl/α,β-unsaturated/α-hetero) is 2. The van der Waals surface area contributed by atoms with E-state index in [1.54, 1.807) is 0 Å². The summed E-state index contributed by atoms with van der Waals surface area (Å²) >= 11 is 0. The Morgan fingerprint density at radius 1 is 0.812 bits per heavy atom. The van der Waals surface area contributed by atoms with E-state index in [4.69, 9.17) is 0 Å². The molecule has 0 spiro atoms. The van der Waals surface area contributed by atoms with E-state index in [2.05, 4.69) is 0 Å². The first-order valence-corrected chi connectivity index (χ1v) is 3.64. The Hall–Kier alpha value is -1.06. The Kier molecular flexibility index (Phi) is 21.1. The topological polar surface area (TPSA) is 114 Å². The molecule has 0 N–H and O–H groups in total. The zero-order valence-corrected chi connectivity index (χ0v) is 10.7. The molecule has 0 saturated heterocycles. The molecular formula is C9H13O6Pd-. The van der Waals surface area contributed by atoms with Crippen LogP contribution in [0.2, 0.25) is 0 Å². The van der Waals surface area contributed by atoms with Crippen LogP contribution in [0.4, 0.5) is 0 Å². The first-order chi connectivity index (χ1) is 6.25. The molecule has 0 radical (unpaired) electrons. The molecule has 0 aromatic carbocycles. The molecule has 0 aliphatic heterocycles. The zero-order chi connectivity index (χ0) is 11.7. The van der Waals surface area contributed by atoms with Crippen molar-refractivity contribution in [2.75, 3.05) is 0 Å². The summed E-state index contributed by atoms with van der Waals surface area (Å²) in [5.41, 5.74) is 0. The van der Waals surface area contributed by atoms with Gasteiger partial charge < -0.3 is 27.2 Å². The van der Waals surface area contributed by atoms with Crippen molar-refractivity contribution in [1.82, 2.24) is 0 Å². The smallest absolute Gasteiger partial charge is 0.550 e. The molecule has 0 aromatic rings. The number of hydrogen-bond donors (Lipinski definition) is 0. The molecular weight excluding hydrogens is 311 g/mol. The third-order valence-electron chi connectivity index (χ3n) is 0.787. The summed E-state index contributed by atoms with van der Waals surface area (Å²) in [4.78, 5) is 38.6. The molecule has 0 amide bonds. The standard InChI is InChI=1S/2C4H6O3.CH3.Pd/c2*1-3(5)2-4(6)7;;/h2*2H2,1H3,(H,6,7);1H3;/q;;-1;+2/p-2. The maximum Gasteiger partial charge on any atom is 2.00 e. The van der Waals surface area contributed by atoms with Gasteiger partial charge in [0.25, 0.3) is 0 Å². The monoisotopic (exact) mass is 323 g/mol. The number of carbonyl (C=O) groups excluding carboxylic acids is 4. The SMILES string of the molecule is CC(=O)CC(=O)[O-].CC(=O)CC(=O)[O-].[CH3-].[Pd+2]. The van der Waals surface area contributed by atoms with Crippen molar-refractivity contribution in [3.05, 3.63) is 7.43 Å². The van der Waals surface area contributed by atoms with Crippen molar-refractivity contribution in [3.63, 3.8) is 0 Å². The fourth-order valence-electron chi connectivity index (χ4n) is 0.407. The van der Waals surface area contributed by atoms with Crippen LogP contribution in [0.25, 0.3) is 0 Å². The second-order valence-electron chi connectivity index (χ2n) is 2.50. The molecule has 96 valence electrons. The largest absolute Gasteiger partial charge is 2.00 e. The minimum Gasteiger partial charge on any atom is -0.550 e. The van der Waals surface area contributed by atoms with E-state index in [0.717, 1.165) is 0 Å². The predicted molar refractivity (Wildman–Crippen MR) is 47.0 cm³/mol. The quantitative estimate of drug-likeness (QED) is 0.332. The summed E-state index contributed by atoms with van der Waals surface area (Å²) in [6, 6.07) is 0. The average molecular weight is 324 g/mol. The van der Waals surface area contributed by atoms with Crippen molar-refractivity contribution < 1.29 is 49.8 Å². The summed E-state index contributed by atoms with van der Waals surface area (Å²) in [6.45, 7) is 2.41. The summed E-state index contributed by atoms with van der Waals surface area (Å²) < 4.78 is 0. The molecule has 0 unspecified atom stereocenters. The van der Waals surface area contributed by atoms with Gasteiger partial charge in [-0.3, -0.25) is 9.59 Å². The van der Waals surface area contributed by atoms with Crippen LogP contribution in [0.1, 0.15) is 26.7 Å². The van der Waals surface area contributed by atoms with Gasteiger partial charge in [0.05, 0.1) is 0 Å². The fourth-order valence-corrected chi connectivity index (χ4v) is 0.407. The van der Waals surface area contributed by atoms with E-state index < -0.39 is 24.8 Å². The molecule has 7 heteroatoms. The maximum absolute atomic E-state index is 9.83. The van der Waals surface area contributed by atoms with Crippen LogP contribution in [0, 0.1) is 7.43 Å². The van der Waals surface area contributed by atoms with Crippen LogP contribution in [-0.2, 0) is 39.6 Å². The van der Waals surface area contributed by atoms with Crippen LogP contribution >= 0.6 is 0 Å². The molecule has 0 aliphatic carbocycles. The van der Waals surface area contributed by atoms with Crippen molar-refractivity contribution in [2.24, 2.45) is 0 Å². The third-order valence-corrected chi connectivity index (χ3v) is 0.787. The molecule has 0 bridgehead atoms. The minimum atomic E-state index is -1.31. The Morgan fingerprint density at radius 3 is 1.00 bits per heavy atom. The van der Waals surface area contributed by atoms with Gasteiger partial charge in [-0.15, -0.1) is 0 Å². The number of rotatable bonds is 4. The van der Waals surface area contributed by atoms with Gasteiger partial charge in [0.2, 0.25) is 0 Å². The first-order valence-electron chi connectivity index (χ1n) is 3.64. The molecule has 6 nitrogen and oxygen atoms in total. The molecule has 0 fully saturated rings. The molecule has 0 aromatic heterocycles. The van der Waals surface area contributed by atoms with E-state index in [9.17, 15) is 29.4 Å². The molecule has 0 heterocycles. The zero-order valence-electron chi connectivity index (χ0n) is 9.18. The normalized spacial score (nSPS) is 7.12. The maximum atomic E-state index is 9.83. The third kappa shape index (κ3) is 38.3. The van der Waals surface area contributed by atoms with Crippen LogP contribution in [-0.4, -0.2) is 23.5 Å². The molecule has 0 rings (SSSR count). The average Bonchev–Trinajstić information content (AvgIpc) is 1.79. The van der Waals surface area contributed by atoms with Crippen LogP contribution in [0.3, 0.4) is 0 Å². The van der Waals surface area contributed by atoms with Gasteiger partial charge in [-0.2, -0.15) is 0 Å². The molecule has 16 heavy (non-hydrogen) atoms. The number of carbonyl (C=O) groups is 4. The van der Waals surface area contributed by atoms with E-state index >= 15 is 0 Å². The Bertz CT molecular complexity index is 198. The van der Waals surface area contributed by atoms with Gasteiger partial charge in [-0.05, 0) is 13.8 Å². The Labute approximate surface area is 108 Å². The van der Waals surface area contributed by atoms with Crippen molar-refractivity contribution >= 4 is 23.5 Å². The number of ketones is 2. The number of hydrogen-bond acceptors (Lipinski definition) is 6.